The average molecular weight is 333 g/mol. The fourth-order valence-electron chi connectivity index (χ4n) is 2.40. The summed E-state index contributed by atoms with van der Waals surface area (Å²) >= 11 is 0. The highest BCUT2D eigenvalue weighted by Gasteiger charge is 2.16. The largest absolute Gasteiger partial charge is 0.466 e. The second-order valence-electron chi connectivity index (χ2n) is 6.60. The third-order valence-corrected chi connectivity index (χ3v) is 3.97. The number of carbonyl (C=O) groups is 2. The third kappa shape index (κ3) is 8.14. The number of hydrogen-bond donors (Lipinski definition) is 0. The first kappa shape index (κ1) is 20.2. The maximum Gasteiger partial charge on any atom is 0.307 e. The summed E-state index contributed by atoms with van der Waals surface area (Å²) in [5.74, 6) is 0.402. The van der Waals surface area contributed by atoms with E-state index in [0.29, 0.717) is 32.0 Å². The van der Waals surface area contributed by atoms with Crippen LogP contribution in [0, 0.1) is 12.8 Å². The van der Waals surface area contributed by atoms with Gasteiger partial charge in [-0.25, -0.2) is 0 Å². The lowest BCUT2D eigenvalue weighted by Gasteiger charge is -2.23. The van der Waals surface area contributed by atoms with Crippen LogP contribution in [-0.2, 0) is 20.7 Å². The van der Waals surface area contributed by atoms with Gasteiger partial charge in [0.25, 0.3) is 0 Å². The van der Waals surface area contributed by atoms with Crippen LogP contribution in [0.4, 0.5) is 0 Å². The molecule has 134 valence electrons. The third-order valence-electron chi connectivity index (χ3n) is 3.97. The van der Waals surface area contributed by atoms with E-state index in [1.807, 2.05) is 4.90 Å². The first-order chi connectivity index (χ1) is 11.4. The van der Waals surface area contributed by atoms with Gasteiger partial charge in [-0.1, -0.05) is 43.7 Å². The number of hydrogen-bond acceptors (Lipinski definition) is 3. The standard InChI is InChI=1S/C20H31NO3/c1-5-24-20(23)13-15-21(14-12-16(2)3)19(22)11-10-18-8-6-17(4)7-9-18/h6-9,16H,5,10-15H2,1-4H3. The topological polar surface area (TPSA) is 46.6 Å². The van der Waals surface area contributed by atoms with Gasteiger partial charge >= 0.3 is 5.97 Å². The van der Waals surface area contributed by atoms with Crippen LogP contribution < -0.4 is 0 Å². The van der Waals surface area contributed by atoms with E-state index >= 15 is 0 Å². The Labute approximate surface area is 146 Å². The fourth-order valence-corrected chi connectivity index (χ4v) is 2.40. The molecule has 24 heavy (non-hydrogen) atoms. The van der Waals surface area contributed by atoms with Crippen LogP contribution in [0.5, 0.6) is 0 Å². The number of aryl methyl sites for hydroxylation is 2. The highest BCUT2D eigenvalue weighted by Crippen LogP contribution is 2.10. The molecule has 0 unspecified atom stereocenters. The Kier molecular flexibility index (Phi) is 9.13. The quantitative estimate of drug-likeness (QED) is 0.613. The Bertz CT molecular complexity index is 508. The Balaban J connectivity index is 2.54. The lowest BCUT2D eigenvalue weighted by molar-refractivity contribution is -0.144. The van der Waals surface area contributed by atoms with E-state index in [0.717, 1.165) is 12.8 Å². The molecule has 0 spiro atoms. The minimum atomic E-state index is -0.238. The van der Waals surface area contributed by atoms with E-state index in [-0.39, 0.29) is 18.3 Å². The molecule has 0 N–H and O–H groups in total. The van der Waals surface area contributed by atoms with Crippen LogP contribution in [0.1, 0.15) is 51.2 Å². The van der Waals surface area contributed by atoms with E-state index in [1.165, 1.54) is 11.1 Å². The molecule has 0 saturated carbocycles. The van der Waals surface area contributed by atoms with Gasteiger partial charge in [0.1, 0.15) is 0 Å². The van der Waals surface area contributed by atoms with Gasteiger partial charge in [0.15, 0.2) is 0 Å². The first-order valence-electron chi connectivity index (χ1n) is 8.91. The first-order valence-corrected chi connectivity index (χ1v) is 8.91. The molecule has 0 bridgehead atoms. The van der Waals surface area contributed by atoms with Gasteiger partial charge < -0.3 is 9.64 Å². The maximum absolute atomic E-state index is 12.5. The van der Waals surface area contributed by atoms with Gasteiger partial charge in [0.05, 0.1) is 13.0 Å². The zero-order valence-electron chi connectivity index (χ0n) is 15.5. The van der Waals surface area contributed by atoms with Crippen molar-refractivity contribution in [2.45, 2.75) is 53.4 Å². The van der Waals surface area contributed by atoms with Crippen molar-refractivity contribution in [3.05, 3.63) is 35.4 Å². The van der Waals surface area contributed by atoms with Crippen LogP contribution >= 0.6 is 0 Å². The number of benzene rings is 1. The predicted octanol–water partition coefficient (Wildman–Crippen LogP) is 3.76. The normalized spacial score (nSPS) is 10.7. The molecule has 4 nitrogen and oxygen atoms in total. The molecule has 0 aliphatic heterocycles. The molecule has 1 rings (SSSR count). The number of carbonyl (C=O) groups excluding carboxylic acids is 2. The number of ether oxygens (including phenoxy) is 1. The van der Waals surface area contributed by atoms with E-state index in [2.05, 4.69) is 45.0 Å². The summed E-state index contributed by atoms with van der Waals surface area (Å²) in [6, 6.07) is 8.27. The smallest absolute Gasteiger partial charge is 0.307 e. The maximum atomic E-state index is 12.5. The molecule has 1 aromatic carbocycles. The van der Waals surface area contributed by atoms with E-state index in [1.54, 1.807) is 6.92 Å². The molecule has 0 heterocycles. The molecule has 4 heteroatoms. The molecule has 0 atom stereocenters. The summed E-state index contributed by atoms with van der Waals surface area (Å²) in [6.07, 6.45) is 2.42. The molecule has 1 aromatic rings. The molecule has 0 aromatic heterocycles. The summed E-state index contributed by atoms with van der Waals surface area (Å²) in [7, 11) is 0. The van der Waals surface area contributed by atoms with Crippen LogP contribution in [0.25, 0.3) is 0 Å². The minimum Gasteiger partial charge on any atom is -0.466 e. The van der Waals surface area contributed by atoms with Crippen molar-refractivity contribution >= 4 is 11.9 Å². The van der Waals surface area contributed by atoms with Crippen LogP contribution in [0.3, 0.4) is 0 Å². The highest BCUT2D eigenvalue weighted by atomic mass is 16.5. The summed E-state index contributed by atoms with van der Waals surface area (Å²) in [4.78, 5) is 25.9. The van der Waals surface area contributed by atoms with Crippen LogP contribution in [0.2, 0.25) is 0 Å². The van der Waals surface area contributed by atoms with Gasteiger partial charge in [-0.2, -0.15) is 0 Å². The molecule has 0 radical (unpaired) electrons. The SMILES string of the molecule is CCOC(=O)CCN(CCC(C)C)C(=O)CCc1ccc(C)cc1. The summed E-state index contributed by atoms with van der Waals surface area (Å²) in [5.41, 5.74) is 2.39. The van der Waals surface area contributed by atoms with E-state index < -0.39 is 0 Å². The second-order valence-corrected chi connectivity index (χ2v) is 6.60. The number of esters is 1. The predicted molar refractivity (Wildman–Crippen MR) is 96.8 cm³/mol. The minimum absolute atomic E-state index is 0.112. The Morgan fingerprint density at radius 1 is 1.08 bits per heavy atom. The van der Waals surface area contributed by atoms with E-state index in [9.17, 15) is 9.59 Å². The highest BCUT2D eigenvalue weighted by molar-refractivity contribution is 5.77. The number of rotatable bonds is 10. The van der Waals surface area contributed by atoms with Crippen molar-refractivity contribution in [2.24, 2.45) is 5.92 Å². The van der Waals surface area contributed by atoms with Gasteiger partial charge in [-0.3, -0.25) is 9.59 Å². The average Bonchev–Trinajstić information content (AvgIpc) is 2.54. The van der Waals surface area contributed by atoms with Gasteiger partial charge in [-0.05, 0) is 38.2 Å². The lowest BCUT2D eigenvalue weighted by atomic mass is 10.1. The molecule has 0 aliphatic rings. The van der Waals surface area contributed by atoms with Crippen molar-refractivity contribution in [3.8, 4) is 0 Å². The Morgan fingerprint density at radius 2 is 1.75 bits per heavy atom. The van der Waals surface area contributed by atoms with Gasteiger partial charge in [-0.15, -0.1) is 0 Å². The van der Waals surface area contributed by atoms with Crippen molar-refractivity contribution in [3.63, 3.8) is 0 Å². The molecule has 0 saturated heterocycles. The molecular weight excluding hydrogens is 302 g/mol. The van der Waals surface area contributed by atoms with Crippen molar-refractivity contribution in [1.82, 2.24) is 4.90 Å². The summed E-state index contributed by atoms with van der Waals surface area (Å²) in [6.45, 7) is 9.65. The van der Waals surface area contributed by atoms with Crippen LogP contribution in [0.15, 0.2) is 24.3 Å². The van der Waals surface area contributed by atoms with Crippen molar-refractivity contribution in [2.75, 3.05) is 19.7 Å². The molecular formula is C20H31NO3. The Hall–Kier alpha value is -1.84. The second kappa shape index (κ2) is 10.8. The number of amides is 1. The Morgan fingerprint density at radius 3 is 2.33 bits per heavy atom. The summed E-state index contributed by atoms with van der Waals surface area (Å²) in [5, 5.41) is 0. The van der Waals surface area contributed by atoms with Crippen LogP contribution in [-0.4, -0.2) is 36.5 Å². The van der Waals surface area contributed by atoms with Gasteiger partial charge in [0.2, 0.25) is 5.91 Å². The van der Waals surface area contributed by atoms with E-state index in [4.69, 9.17) is 4.74 Å². The van der Waals surface area contributed by atoms with Gasteiger partial charge in [0, 0.05) is 19.5 Å². The van der Waals surface area contributed by atoms with Crippen molar-refractivity contribution in [1.29, 1.82) is 0 Å². The molecule has 0 aliphatic carbocycles. The zero-order valence-corrected chi connectivity index (χ0v) is 15.5. The number of nitrogens with zero attached hydrogens (tertiary/aromatic N) is 1. The fraction of sp³-hybridized carbons (Fsp3) is 0.600. The lowest BCUT2D eigenvalue weighted by Crippen LogP contribution is -2.34. The molecule has 0 fully saturated rings. The molecule has 1 amide bonds. The monoisotopic (exact) mass is 333 g/mol. The van der Waals surface area contributed by atoms with Crippen molar-refractivity contribution < 1.29 is 14.3 Å². The zero-order chi connectivity index (χ0) is 17.9. The summed E-state index contributed by atoms with van der Waals surface area (Å²) < 4.78 is 4.96.